The van der Waals surface area contributed by atoms with E-state index in [0.717, 1.165) is 38.7 Å². The molecule has 0 fully saturated rings. The number of hydrogen-bond donors (Lipinski definition) is 0. The molecule has 4 aromatic rings. The van der Waals surface area contributed by atoms with Crippen LogP contribution in [0.2, 0.25) is 0 Å². The third-order valence-electron chi connectivity index (χ3n) is 4.46. The van der Waals surface area contributed by atoms with Crippen molar-refractivity contribution in [2.75, 3.05) is 7.11 Å². The number of aromatic nitrogens is 4. The third-order valence-corrected chi connectivity index (χ3v) is 6.44. The van der Waals surface area contributed by atoms with Crippen molar-refractivity contribution in [3.63, 3.8) is 0 Å². The van der Waals surface area contributed by atoms with Gasteiger partial charge in [0.25, 0.3) is 0 Å². The molecule has 2 aromatic heterocycles. The predicted octanol–water partition coefficient (Wildman–Crippen LogP) is 5.21. The van der Waals surface area contributed by atoms with E-state index >= 15 is 0 Å². The number of methoxy groups -OCH3 is 1. The lowest BCUT2D eigenvalue weighted by atomic mass is 10.1. The van der Waals surface area contributed by atoms with Crippen molar-refractivity contribution in [1.29, 1.82) is 0 Å². The Morgan fingerprint density at radius 3 is 2.57 bits per heavy atom. The van der Waals surface area contributed by atoms with Gasteiger partial charge in [0.1, 0.15) is 10.8 Å². The summed E-state index contributed by atoms with van der Waals surface area (Å²) >= 11 is 3.31. The number of thiazole rings is 1. The lowest BCUT2D eigenvalue weighted by molar-refractivity contribution is 0.416. The lowest BCUT2D eigenvalue weighted by Gasteiger charge is -2.07. The number of nitrogens with zero attached hydrogens (tertiary/aromatic N) is 4. The highest BCUT2D eigenvalue weighted by atomic mass is 32.2. The lowest BCUT2D eigenvalue weighted by Crippen LogP contribution is -1.97. The van der Waals surface area contributed by atoms with Gasteiger partial charge in [-0.1, -0.05) is 48.2 Å². The van der Waals surface area contributed by atoms with E-state index in [9.17, 15) is 0 Å². The molecule has 0 atom stereocenters. The minimum absolute atomic E-state index is 0.750. The van der Waals surface area contributed by atoms with Gasteiger partial charge >= 0.3 is 0 Å². The van der Waals surface area contributed by atoms with Crippen LogP contribution in [0.3, 0.4) is 0 Å². The molecular formula is C21H20N4OS2. The number of ether oxygens (including phenoxy) is 1. The molecule has 2 heterocycles. The maximum absolute atomic E-state index is 5.45. The fourth-order valence-electron chi connectivity index (χ4n) is 2.95. The molecule has 0 saturated heterocycles. The largest absolute Gasteiger partial charge is 0.496 e. The summed E-state index contributed by atoms with van der Waals surface area (Å²) in [6, 6.07) is 16.2. The zero-order valence-corrected chi connectivity index (χ0v) is 17.5. The molecule has 142 valence electrons. The van der Waals surface area contributed by atoms with Crippen molar-refractivity contribution < 1.29 is 4.74 Å². The van der Waals surface area contributed by atoms with Gasteiger partial charge in [0.15, 0.2) is 11.0 Å². The Morgan fingerprint density at radius 1 is 1.04 bits per heavy atom. The molecule has 28 heavy (non-hydrogen) atoms. The van der Waals surface area contributed by atoms with Gasteiger partial charge in [-0.25, -0.2) is 4.98 Å². The summed E-state index contributed by atoms with van der Waals surface area (Å²) in [7, 11) is 3.64. The van der Waals surface area contributed by atoms with Crippen LogP contribution in [0.5, 0.6) is 5.75 Å². The molecule has 0 aliphatic heterocycles. The molecule has 0 amide bonds. The summed E-state index contributed by atoms with van der Waals surface area (Å²) in [5.74, 6) is 2.33. The van der Waals surface area contributed by atoms with E-state index in [2.05, 4.69) is 46.8 Å². The zero-order chi connectivity index (χ0) is 19.5. The summed E-state index contributed by atoms with van der Waals surface area (Å²) in [5, 5.41) is 12.8. The summed E-state index contributed by atoms with van der Waals surface area (Å²) < 4.78 is 7.45. The van der Waals surface area contributed by atoms with Gasteiger partial charge < -0.3 is 9.30 Å². The summed E-state index contributed by atoms with van der Waals surface area (Å²) in [5.41, 5.74) is 4.42. The Labute approximate surface area is 172 Å². The molecule has 2 aromatic carbocycles. The van der Waals surface area contributed by atoms with Crippen LogP contribution in [-0.4, -0.2) is 26.9 Å². The van der Waals surface area contributed by atoms with Gasteiger partial charge in [-0.3, -0.25) is 0 Å². The fraction of sp³-hybridized carbons (Fsp3) is 0.190. The minimum atomic E-state index is 0.750. The molecule has 0 unspecified atom stereocenters. The van der Waals surface area contributed by atoms with Crippen LogP contribution in [0, 0.1) is 6.92 Å². The zero-order valence-electron chi connectivity index (χ0n) is 15.9. The fourth-order valence-corrected chi connectivity index (χ4v) is 4.77. The highest BCUT2D eigenvalue weighted by Crippen LogP contribution is 2.32. The summed E-state index contributed by atoms with van der Waals surface area (Å²) in [6.45, 7) is 2.12. The molecule has 0 radical (unpaired) electrons. The Kier molecular flexibility index (Phi) is 5.45. The predicted molar refractivity (Wildman–Crippen MR) is 115 cm³/mol. The van der Waals surface area contributed by atoms with Crippen LogP contribution in [0.1, 0.15) is 11.3 Å². The molecule has 7 heteroatoms. The first-order valence-corrected chi connectivity index (χ1v) is 10.7. The molecule has 0 saturated carbocycles. The van der Waals surface area contributed by atoms with E-state index in [-0.39, 0.29) is 0 Å². The highest BCUT2D eigenvalue weighted by molar-refractivity contribution is 7.98. The first-order valence-electron chi connectivity index (χ1n) is 8.83. The van der Waals surface area contributed by atoms with Crippen molar-refractivity contribution in [2.45, 2.75) is 17.8 Å². The Balaban J connectivity index is 1.51. The van der Waals surface area contributed by atoms with Gasteiger partial charge in [0.2, 0.25) is 0 Å². The van der Waals surface area contributed by atoms with E-state index in [1.54, 1.807) is 30.2 Å². The van der Waals surface area contributed by atoms with Crippen LogP contribution < -0.4 is 4.74 Å². The van der Waals surface area contributed by atoms with Crippen molar-refractivity contribution in [2.24, 2.45) is 7.05 Å². The van der Waals surface area contributed by atoms with Crippen LogP contribution in [-0.2, 0) is 12.8 Å². The third kappa shape index (κ3) is 3.68. The first kappa shape index (κ1) is 18.7. The second-order valence-electron chi connectivity index (χ2n) is 6.31. The van der Waals surface area contributed by atoms with Crippen molar-refractivity contribution >= 4 is 23.1 Å². The number of para-hydroxylation sites is 1. The van der Waals surface area contributed by atoms with E-state index < -0.39 is 0 Å². The maximum Gasteiger partial charge on any atom is 0.191 e. The van der Waals surface area contributed by atoms with Crippen LogP contribution in [0.25, 0.3) is 22.0 Å². The van der Waals surface area contributed by atoms with Gasteiger partial charge in [0, 0.05) is 23.7 Å². The SMILES string of the molecule is COc1ccccc1-c1nnc(SCc2csc(-c3ccccc3C)n2)n1C. The number of aryl methyl sites for hydroxylation is 1. The van der Waals surface area contributed by atoms with Gasteiger partial charge in [0.05, 0.1) is 18.4 Å². The van der Waals surface area contributed by atoms with Crippen molar-refractivity contribution in [3.05, 3.63) is 65.2 Å². The summed E-state index contributed by atoms with van der Waals surface area (Å²) in [4.78, 5) is 4.80. The quantitative estimate of drug-likeness (QED) is 0.410. The van der Waals surface area contributed by atoms with Gasteiger partial charge in [-0.05, 0) is 24.6 Å². The Hall–Kier alpha value is -2.64. The molecule has 4 rings (SSSR count). The second kappa shape index (κ2) is 8.16. The minimum Gasteiger partial charge on any atom is -0.496 e. The maximum atomic E-state index is 5.45. The van der Waals surface area contributed by atoms with Gasteiger partial charge in [-0.15, -0.1) is 21.5 Å². The average molecular weight is 409 g/mol. The molecule has 0 bridgehead atoms. The Bertz CT molecular complexity index is 1100. The van der Waals surface area contributed by atoms with Crippen LogP contribution in [0.15, 0.2) is 59.1 Å². The topological polar surface area (TPSA) is 52.8 Å². The van der Waals surface area contributed by atoms with E-state index in [0.29, 0.717) is 0 Å². The molecule has 0 N–H and O–H groups in total. The van der Waals surface area contributed by atoms with Crippen molar-refractivity contribution in [1.82, 2.24) is 19.7 Å². The molecular weight excluding hydrogens is 388 g/mol. The number of benzene rings is 2. The summed E-state index contributed by atoms with van der Waals surface area (Å²) in [6.07, 6.45) is 0. The first-order chi connectivity index (χ1) is 13.7. The molecule has 0 aliphatic carbocycles. The highest BCUT2D eigenvalue weighted by Gasteiger charge is 2.15. The molecule has 0 aliphatic rings. The average Bonchev–Trinajstić information content (AvgIpc) is 3.33. The van der Waals surface area contributed by atoms with E-state index in [1.807, 2.05) is 35.9 Å². The standard InChI is InChI=1S/C21H20N4OS2/c1-14-8-4-5-9-16(14)20-22-15(12-27-20)13-28-21-24-23-19(25(21)2)17-10-6-7-11-18(17)26-3/h4-12H,13H2,1-3H3. The normalized spacial score (nSPS) is 11.0. The van der Waals surface area contributed by atoms with E-state index in [4.69, 9.17) is 9.72 Å². The van der Waals surface area contributed by atoms with Gasteiger partial charge in [-0.2, -0.15) is 0 Å². The number of hydrogen-bond acceptors (Lipinski definition) is 6. The monoisotopic (exact) mass is 408 g/mol. The number of rotatable bonds is 6. The second-order valence-corrected chi connectivity index (χ2v) is 8.11. The van der Waals surface area contributed by atoms with Crippen LogP contribution >= 0.6 is 23.1 Å². The molecule has 5 nitrogen and oxygen atoms in total. The smallest absolute Gasteiger partial charge is 0.191 e. The van der Waals surface area contributed by atoms with Crippen LogP contribution in [0.4, 0.5) is 0 Å². The molecule has 0 spiro atoms. The van der Waals surface area contributed by atoms with E-state index in [1.165, 1.54) is 11.1 Å². The van der Waals surface area contributed by atoms with Crippen molar-refractivity contribution in [3.8, 4) is 27.7 Å². The number of thioether (sulfide) groups is 1. The Morgan fingerprint density at radius 2 is 1.79 bits per heavy atom.